The summed E-state index contributed by atoms with van der Waals surface area (Å²) in [6, 6.07) is 10.8. The Labute approximate surface area is 138 Å². The van der Waals surface area contributed by atoms with Gasteiger partial charge in [0.25, 0.3) is 5.91 Å². The number of halogens is 2. The third-order valence-electron chi connectivity index (χ3n) is 2.55. The molecular weight excluding hydrogens is 347 g/mol. The van der Waals surface area contributed by atoms with Gasteiger partial charge in [-0.25, -0.2) is 8.42 Å². The fourth-order valence-corrected chi connectivity index (χ4v) is 2.85. The fourth-order valence-electron chi connectivity index (χ4n) is 1.77. The molecule has 2 aromatic carbocycles. The highest BCUT2D eigenvalue weighted by Crippen LogP contribution is 2.23. The molecule has 0 unspecified atom stereocenters. The highest BCUT2D eigenvalue weighted by Gasteiger charge is 2.09. The van der Waals surface area contributed by atoms with Gasteiger partial charge in [-0.15, -0.1) is 0 Å². The van der Waals surface area contributed by atoms with E-state index in [2.05, 4.69) is 10.0 Å². The number of carbonyl (C=O) groups is 1. The van der Waals surface area contributed by atoms with Gasteiger partial charge in [0, 0.05) is 27.0 Å². The number of hydrogen-bond donors (Lipinski definition) is 2. The lowest BCUT2D eigenvalue weighted by Crippen LogP contribution is -2.13. The summed E-state index contributed by atoms with van der Waals surface area (Å²) in [4.78, 5) is 12.2. The monoisotopic (exact) mass is 358 g/mol. The second-order valence-electron chi connectivity index (χ2n) is 4.57. The van der Waals surface area contributed by atoms with Crippen molar-refractivity contribution in [3.05, 3.63) is 58.1 Å². The first-order valence-corrected chi connectivity index (χ1v) is 8.73. The zero-order valence-corrected chi connectivity index (χ0v) is 13.8. The molecule has 0 spiro atoms. The summed E-state index contributed by atoms with van der Waals surface area (Å²) in [5, 5.41) is 3.44. The first-order chi connectivity index (χ1) is 10.2. The molecule has 2 aromatic rings. The zero-order valence-electron chi connectivity index (χ0n) is 11.4. The molecule has 0 aliphatic rings. The van der Waals surface area contributed by atoms with Crippen LogP contribution in [0.1, 0.15) is 10.4 Å². The summed E-state index contributed by atoms with van der Waals surface area (Å²) in [6.45, 7) is 0. The van der Waals surface area contributed by atoms with Crippen molar-refractivity contribution in [3.63, 3.8) is 0 Å². The summed E-state index contributed by atoms with van der Waals surface area (Å²) in [7, 11) is -3.41. The quantitative estimate of drug-likeness (QED) is 0.876. The Morgan fingerprint density at radius 2 is 1.64 bits per heavy atom. The summed E-state index contributed by atoms with van der Waals surface area (Å²) >= 11 is 11.7. The average molecular weight is 359 g/mol. The van der Waals surface area contributed by atoms with Gasteiger partial charge in [0.1, 0.15) is 0 Å². The molecule has 0 aliphatic carbocycles. The van der Waals surface area contributed by atoms with Crippen molar-refractivity contribution >= 4 is 50.5 Å². The molecule has 0 aliphatic heterocycles. The Hall–Kier alpha value is -1.76. The average Bonchev–Trinajstić information content (AvgIpc) is 2.35. The highest BCUT2D eigenvalue weighted by molar-refractivity contribution is 7.92. The van der Waals surface area contributed by atoms with Crippen LogP contribution < -0.4 is 10.0 Å². The van der Waals surface area contributed by atoms with Crippen molar-refractivity contribution in [1.82, 2.24) is 0 Å². The molecular formula is C14H12Cl2N2O3S. The largest absolute Gasteiger partial charge is 0.322 e. The Balaban J connectivity index is 2.21. The van der Waals surface area contributed by atoms with E-state index in [4.69, 9.17) is 23.2 Å². The molecule has 22 heavy (non-hydrogen) atoms. The van der Waals surface area contributed by atoms with E-state index < -0.39 is 15.9 Å². The van der Waals surface area contributed by atoms with E-state index in [1.54, 1.807) is 36.4 Å². The van der Waals surface area contributed by atoms with E-state index in [9.17, 15) is 13.2 Å². The Kier molecular flexibility index (Phi) is 4.95. The molecule has 0 fully saturated rings. The molecule has 0 aromatic heterocycles. The molecule has 2 N–H and O–H groups in total. The molecule has 116 valence electrons. The van der Waals surface area contributed by atoms with Crippen LogP contribution in [0, 0.1) is 0 Å². The van der Waals surface area contributed by atoms with Crippen molar-refractivity contribution in [1.29, 1.82) is 0 Å². The maximum Gasteiger partial charge on any atom is 0.255 e. The molecule has 8 heteroatoms. The van der Waals surface area contributed by atoms with Crippen LogP contribution >= 0.6 is 23.2 Å². The van der Waals surface area contributed by atoms with Crippen LogP contribution in [0.2, 0.25) is 10.0 Å². The van der Waals surface area contributed by atoms with Crippen molar-refractivity contribution < 1.29 is 13.2 Å². The van der Waals surface area contributed by atoms with Crippen molar-refractivity contribution in [2.24, 2.45) is 0 Å². The van der Waals surface area contributed by atoms with Crippen LogP contribution in [0.25, 0.3) is 0 Å². The second kappa shape index (κ2) is 6.56. The van der Waals surface area contributed by atoms with Gasteiger partial charge in [0.15, 0.2) is 0 Å². The molecule has 2 rings (SSSR count). The fraction of sp³-hybridized carbons (Fsp3) is 0.0714. The zero-order chi connectivity index (χ0) is 16.3. The minimum Gasteiger partial charge on any atom is -0.322 e. The number of anilines is 2. The lowest BCUT2D eigenvalue weighted by atomic mass is 10.2. The SMILES string of the molecule is CS(=O)(=O)Nc1cccc(C(=O)Nc2cc(Cl)cc(Cl)c2)c1. The number of sulfonamides is 1. The number of carbonyl (C=O) groups excluding carboxylic acids is 1. The van der Waals surface area contributed by atoms with E-state index in [0.717, 1.165) is 6.26 Å². The molecule has 1 amide bonds. The van der Waals surface area contributed by atoms with Crippen molar-refractivity contribution in [2.75, 3.05) is 16.3 Å². The van der Waals surface area contributed by atoms with E-state index in [0.29, 0.717) is 27.0 Å². The van der Waals surface area contributed by atoms with Gasteiger partial charge in [-0.2, -0.15) is 0 Å². The minimum atomic E-state index is -3.41. The first-order valence-electron chi connectivity index (χ1n) is 6.08. The molecule has 0 atom stereocenters. The number of rotatable bonds is 4. The maximum absolute atomic E-state index is 12.2. The minimum absolute atomic E-state index is 0.296. The van der Waals surface area contributed by atoms with E-state index >= 15 is 0 Å². The predicted octanol–water partition coefficient (Wildman–Crippen LogP) is 3.62. The number of nitrogens with one attached hydrogen (secondary N) is 2. The number of hydrogen-bond acceptors (Lipinski definition) is 3. The Morgan fingerprint density at radius 3 is 2.23 bits per heavy atom. The standard InChI is InChI=1S/C14H12Cl2N2O3S/c1-22(20,21)18-12-4-2-3-9(5-12)14(19)17-13-7-10(15)6-11(16)8-13/h2-8,18H,1H3,(H,17,19). The second-order valence-corrected chi connectivity index (χ2v) is 7.19. The summed E-state index contributed by atoms with van der Waals surface area (Å²) in [5.41, 5.74) is 1.05. The Morgan fingerprint density at radius 1 is 1.00 bits per heavy atom. The lowest BCUT2D eigenvalue weighted by Gasteiger charge is -2.08. The van der Waals surface area contributed by atoms with Gasteiger partial charge in [-0.3, -0.25) is 9.52 Å². The van der Waals surface area contributed by atoms with Crippen LogP contribution in [-0.4, -0.2) is 20.6 Å². The smallest absolute Gasteiger partial charge is 0.255 e. The molecule has 5 nitrogen and oxygen atoms in total. The van der Waals surface area contributed by atoms with E-state index in [1.165, 1.54) is 6.07 Å². The van der Waals surface area contributed by atoms with Gasteiger partial charge < -0.3 is 5.32 Å². The van der Waals surface area contributed by atoms with Gasteiger partial charge in [0.2, 0.25) is 10.0 Å². The number of benzene rings is 2. The summed E-state index contributed by atoms with van der Waals surface area (Å²) in [5.74, 6) is -0.407. The topological polar surface area (TPSA) is 75.3 Å². The molecule has 0 bridgehead atoms. The first kappa shape index (κ1) is 16.6. The summed E-state index contributed by atoms with van der Waals surface area (Å²) < 4.78 is 24.7. The third-order valence-corrected chi connectivity index (χ3v) is 3.59. The van der Waals surface area contributed by atoms with Crippen LogP contribution in [-0.2, 0) is 10.0 Å². The molecule has 0 heterocycles. The summed E-state index contributed by atoms with van der Waals surface area (Å²) in [6.07, 6.45) is 1.04. The number of amides is 1. The van der Waals surface area contributed by atoms with Gasteiger partial charge >= 0.3 is 0 Å². The van der Waals surface area contributed by atoms with Crippen LogP contribution in [0.15, 0.2) is 42.5 Å². The van der Waals surface area contributed by atoms with Crippen LogP contribution in [0.4, 0.5) is 11.4 Å². The molecule has 0 saturated carbocycles. The van der Waals surface area contributed by atoms with E-state index in [-0.39, 0.29) is 0 Å². The molecule has 0 saturated heterocycles. The molecule has 0 radical (unpaired) electrons. The van der Waals surface area contributed by atoms with Crippen molar-refractivity contribution in [3.8, 4) is 0 Å². The predicted molar refractivity (Wildman–Crippen MR) is 89.3 cm³/mol. The van der Waals surface area contributed by atoms with Crippen LogP contribution in [0.3, 0.4) is 0 Å². The normalized spacial score (nSPS) is 11.0. The van der Waals surface area contributed by atoms with Gasteiger partial charge in [0.05, 0.1) is 6.26 Å². The Bertz CT molecular complexity index is 802. The maximum atomic E-state index is 12.2. The third kappa shape index (κ3) is 4.91. The van der Waals surface area contributed by atoms with Crippen LogP contribution in [0.5, 0.6) is 0 Å². The van der Waals surface area contributed by atoms with Crippen molar-refractivity contribution in [2.45, 2.75) is 0 Å². The lowest BCUT2D eigenvalue weighted by molar-refractivity contribution is 0.102. The van der Waals surface area contributed by atoms with Gasteiger partial charge in [-0.05, 0) is 36.4 Å². The highest BCUT2D eigenvalue weighted by atomic mass is 35.5. The van der Waals surface area contributed by atoms with Gasteiger partial charge in [-0.1, -0.05) is 29.3 Å². The van der Waals surface area contributed by atoms with E-state index in [1.807, 2.05) is 0 Å².